The van der Waals surface area contributed by atoms with E-state index in [1.165, 1.54) is 263 Å². The van der Waals surface area contributed by atoms with Gasteiger partial charge in [0.2, 0.25) is 5.91 Å². The lowest BCUT2D eigenvalue weighted by molar-refractivity contribution is -0.359. The van der Waals surface area contributed by atoms with Crippen molar-refractivity contribution in [1.29, 1.82) is 0 Å². The monoisotopic (exact) mass is 1180 g/mol. The number of carbonyl (C=O) groups excluding carboxylic acids is 1. The third kappa shape index (κ3) is 39.4. The van der Waals surface area contributed by atoms with Gasteiger partial charge in [-0.3, -0.25) is 4.79 Å². The maximum absolute atomic E-state index is 13.3. The first-order valence-electron chi connectivity index (χ1n) is 35.4. The van der Waals surface area contributed by atoms with Crippen LogP contribution in [-0.2, 0) is 23.7 Å². The highest BCUT2D eigenvalue weighted by molar-refractivity contribution is 5.76. The number of ether oxygens (including phenoxy) is 4. The van der Waals surface area contributed by atoms with Crippen molar-refractivity contribution in [3.63, 3.8) is 0 Å². The van der Waals surface area contributed by atoms with Crippen molar-refractivity contribution in [1.82, 2.24) is 5.32 Å². The molecule has 2 fully saturated rings. The topological polar surface area (TPSA) is 228 Å². The van der Waals surface area contributed by atoms with Crippen LogP contribution < -0.4 is 5.32 Å². The molecule has 0 bridgehead atoms. The molecular formula is C69H133NO13. The van der Waals surface area contributed by atoms with E-state index in [4.69, 9.17) is 18.9 Å². The van der Waals surface area contributed by atoms with E-state index in [-0.39, 0.29) is 18.9 Å². The average molecular weight is 1180 g/mol. The Morgan fingerprint density at radius 3 is 1.11 bits per heavy atom. The average Bonchev–Trinajstić information content (AvgIpc) is 3.67. The van der Waals surface area contributed by atoms with E-state index in [1.807, 2.05) is 6.08 Å². The summed E-state index contributed by atoms with van der Waals surface area (Å²) in [6.07, 6.45) is 49.8. The molecule has 2 aliphatic heterocycles. The van der Waals surface area contributed by atoms with Gasteiger partial charge >= 0.3 is 0 Å². The van der Waals surface area contributed by atoms with Crippen molar-refractivity contribution < 1.29 is 64.6 Å². The quantitative estimate of drug-likeness (QED) is 0.0204. The van der Waals surface area contributed by atoms with Gasteiger partial charge in [0.1, 0.15) is 48.8 Å². The van der Waals surface area contributed by atoms with E-state index in [0.717, 1.165) is 44.9 Å². The molecule has 2 aliphatic rings. The first-order valence-corrected chi connectivity index (χ1v) is 35.4. The summed E-state index contributed by atoms with van der Waals surface area (Å²) in [5, 5.41) is 87.4. The van der Waals surface area contributed by atoms with Gasteiger partial charge in [0.25, 0.3) is 0 Å². The predicted molar refractivity (Wildman–Crippen MR) is 337 cm³/mol. The molecule has 2 heterocycles. The highest BCUT2D eigenvalue weighted by atomic mass is 16.7. The Kier molecular flexibility index (Phi) is 51.4. The summed E-state index contributed by atoms with van der Waals surface area (Å²) in [5.74, 6) is -0.231. The summed E-state index contributed by atoms with van der Waals surface area (Å²) >= 11 is 0. The minimum absolute atomic E-state index is 0.231. The Labute approximate surface area is 507 Å². The minimum atomic E-state index is -1.79. The third-order valence-electron chi connectivity index (χ3n) is 17.7. The number of rotatable bonds is 59. The first-order chi connectivity index (χ1) is 40.6. The van der Waals surface area contributed by atoms with E-state index < -0.39 is 86.8 Å². The molecule has 83 heavy (non-hydrogen) atoms. The second kappa shape index (κ2) is 54.8. The van der Waals surface area contributed by atoms with Gasteiger partial charge < -0.3 is 65.1 Å². The second-order valence-corrected chi connectivity index (χ2v) is 25.4. The zero-order valence-electron chi connectivity index (χ0n) is 53.5. The zero-order valence-corrected chi connectivity index (χ0v) is 53.5. The van der Waals surface area contributed by atoms with Crippen LogP contribution in [0.3, 0.4) is 0 Å². The first kappa shape index (κ1) is 77.8. The maximum atomic E-state index is 13.3. The number of amides is 1. The Hall–Kier alpha value is -1.27. The molecule has 12 atom stereocenters. The molecule has 2 saturated heterocycles. The van der Waals surface area contributed by atoms with Crippen LogP contribution in [0.15, 0.2) is 12.2 Å². The van der Waals surface area contributed by atoms with Crippen LogP contribution in [0.1, 0.15) is 328 Å². The molecule has 12 unspecified atom stereocenters. The molecule has 9 N–H and O–H groups in total. The summed E-state index contributed by atoms with van der Waals surface area (Å²) in [6.45, 7) is 2.86. The molecule has 492 valence electrons. The third-order valence-corrected chi connectivity index (χ3v) is 17.7. The largest absolute Gasteiger partial charge is 0.394 e. The molecule has 1 amide bonds. The van der Waals surface area contributed by atoms with E-state index in [1.54, 1.807) is 6.08 Å². The van der Waals surface area contributed by atoms with Crippen LogP contribution in [0.5, 0.6) is 0 Å². The molecule has 0 aliphatic carbocycles. The van der Waals surface area contributed by atoms with Gasteiger partial charge in [0, 0.05) is 6.42 Å². The van der Waals surface area contributed by atoms with E-state index in [2.05, 4.69) is 19.2 Å². The summed E-state index contributed by atoms with van der Waals surface area (Å²) in [5.41, 5.74) is 0. The molecule has 0 aromatic carbocycles. The normalized spacial score (nSPS) is 23.8. The molecule has 14 heteroatoms. The SMILES string of the molecule is CCCCCCCCCCCCCCCCCCCC/C=C/C(O)C(COC1OC(CO)C(OC2OC(CO)C(O)C(O)C2O)C(O)C1O)NC(=O)CCCCCCCCCCCCCCCCCCCCCCCCCCCCCCC. The maximum Gasteiger partial charge on any atom is 0.220 e. The molecule has 14 nitrogen and oxygen atoms in total. The molecular weight excluding hydrogens is 1050 g/mol. The van der Waals surface area contributed by atoms with Gasteiger partial charge in [-0.2, -0.15) is 0 Å². The number of nitrogens with one attached hydrogen (secondary N) is 1. The lowest BCUT2D eigenvalue weighted by atomic mass is 9.97. The van der Waals surface area contributed by atoms with Gasteiger partial charge in [-0.25, -0.2) is 0 Å². The standard InChI is InChI=1S/C69H133NO13/c1-3-5-7-9-11-13-15-17-19-21-23-25-26-27-28-29-30-31-32-33-35-37-39-41-43-45-47-49-51-53-61(74)70-57(58(73)52-50-48-46-44-42-40-38-36-34-24-22-20-18-16-14-12-10-8-6-4-2)56-80-68-66(79)64(77)67(60(55-72)82-68)83-69-65(78)63(76)62(75)59(54-71)81-69/h50,52,57-60,62-69,71-73,75-79H,3-49,51,53-56H2,1-2H3,(H,70,74)/b52-50+. The fourth-order valence-corrected chi connectivity index (χ4v) is 12.1. The van der Waals surface area contributed by atoms with Gasteiger partial charge in [0.05, 0.1) is 32.0 Å². The molecule has 0 spiro atoms. The summed E-state index contributed by atoms with van der Waals surface area (Å²) in [7, 11) is 0. The molecule has 0 aromatic heterocycles. The van der Waals surface area contributed by atoms with Gasteiger partial charge in [0.15, 0.2) is 12.6 Å². The highest BCUT2D eigenvalue weighted by Gasteiger charge is 2.51. The number of unbranched alkanes of at least 4 members (excludes halogenated alkanes) is 46. The van der Waals surface area contributed by atoms with Crippen molar-refractivity contribution in [3.05, 3.63) is 12.2 Å². The Bertz CT molecular complexity index is 1440. The number of aliphatic hydroxyl groups is 8. The van der Waals surface area contributed by atoms with Crippen molar-refractivity contribution in [2.24, 2.45) is 0 Å². The van der Waals surface area contributed by atoms with Crippen molar-refractivity contribution in [3.8, 4) is 0 Å². The number of carbonyl (C=O) groups is 1. The van der Waals surface area contributed by atoms with E-state index in [9.17, 15) is 45.6 Å². The second-order valence-electron chi connectivity index (χ2n) is 25.4. The lowest BCUT2D eigenvalue weighted by Crippen LogP contribution is -2.65. The van der Waals surface area contributed by atoms with E-state index in [0.29, 0.717) is 0 Å². The minimum Gasteiger partial charge on any atom is -0.394 e. The van der Waals surface area contributed by atoms with Crippen LogP contribution in [0.2, 0.25) is 0 Å². The zero-order chi connectivity index (χ0) is 60.2. The molecule has 0 aromatic rings. The number of hydrogen-bond acceptors (Lipinski definition) is 13. The Morgan fingerprint density at radius 2 is 0.747 bits per heavy atom. The fourth-order valence-electron chi connectivity index (χ4n) is 12.1. The lowest BCUT2D eigenvalue weighted by Gasteiger charge is -2.46. The summed E-state index contributed by atoms with van der Waals surface area (Å²) in [4.78, 5) is 13.3. The van der Waals surface area contributed by atoms with Crippen LogP contribution in [0.25, 0.3) is 0 Å². The fraction of sp³-hybridized carbons (Fsp3) is 0.957. The van der Waals surface area contributed by atoms with Gasteiger partial charge in [-0.1, -0.05) is 315 Å². The molecule has 0 radical (unpaired) electrons. The van der Waals surface area contributed by atoms with Crippen LogP contribution >= 0.6 is 0 Å². The van der Waals surface area contributed by atoms with Crippen LogP contribution in [-0.4, -0.2) is 140 Å². The molecule has 0 saturated carbocycles. The van der Waals surface area contributed by atoms with Gasteiger partial charge in [-0.15, -0.1) is 0 Å². The van der Waals surface area contributed by atoms with E-state index >= 15 is 0 Å². The Morgan fingerprint density at radius 1 is 0.422 bits per heavy atom. The smallest absolute Gasteiger partial charge is 0.220 e. The highest BCUT2D eigenvalue weighted by Crippen LogP contribution is 2.30. The van der Waals surface area contributed by atoms with Crippen molar-refractivity contribution >= 4 is 5.91 Å². The summed E-state index contributed by atoms with van der Waals surface area (Å²) < 4.78 is 22.9. The van der Waals surface area contributed by atoms with Crippen molar-refractivity contribution in [2.75, 3.05) is 19.8 Å². The number of hydrogen-bond donors (Lipinski definition) is 9. The summed E-state index contributed by atoms with van der Waals surface area (Å²) in [6, 6.07) is -0.911. The van der Waals surface area contributed by atoms with Crippen LogP contribution in [0.4, 0.5) is 0 Å². The predicted octanol–water partition coefficient (Wildman–Crippen LogP) is 14.2. The number of allylic oxidation sites excluding steroid dienone is 1. The van der Waals surface area contributed by atoms with Gasteiger partial charge in [-0.05, 0) is 19.3 Å². The Balaban J connectivity index is 1.66. The number of aliphatic hydroxyl groups excluding tert-OH is 8. The van der Waals surface area contributed by atoms with Crippen molar-refractivity contribution in [2.45, 2.75) is 402 Å². The molecule has 2 rings (SSSR count). The van der Waals surface area contributed by atoms with Crippen LogP contribution in [0, 0.1) is 0 Å².